The molecule has 7 aromatic rings. The fraction of sp³-hybridized carbons (Fsp3) is 0. The molecule has 0 aliphatic carbocycles. The smallest absolute Gasteiger partial charge is 0.0972 e. The van der Waals surface area contributed by atoms with Gasteiger partial charge in [0.25, 0.3) is 0 Å². The van der Waals surface area contributed by atoms with Crippen molar-refractivity contribution in [2.45, 2.75) is 0 Å². The van der Waals surface area contributed by atoms with Gasteiger partial charge in [0.1, 0.15) is 0 Å². The molecule has 0 saturated heterocycles. The first-order chi connectivity index (χ1) is 16.9. The largest absolute Gasteiger partial charge is 0.256 e. The Morgan fingerprint density at radius 3 is 2.15 bits per heavy atom. The fourth-order valence-electron chi connectivity index (χ4n) is 4.99. The number of para-hydroxylation sites is 2. The number of hydrogen-bond acceptors (Lipinski definition) is 3. The molecule has 0 aliphatic heterocycles. The molecule has 34 heavy (non-hydrogen) atoms. The van der Waals surface area contributed by atoms with Gasteiger partial charge in [-0.15, -0.1) is 0 Å². The fourth-order valence-corrected chi connectivity index (χ4v) is 4.99. The molecule has 0 unspecified atom stereocenters. The highest BCUT2D eigenvalue weighted by Crippen LogP contribution is 2.37. The summed E-state index contributed by atoms with van der Waals surface area (Å²) in [6.45, 7) is 0. The lowest BCUT2D eigenvalue weighted by Gasteiger charge is -2.13. The van der Waals surface area contributed by atoms with Crippen molar-refractivity contribution in [2.24, 2.45) is 0 Å². The molecule has 3 heterocycles. The highest BCUT2D eigenvalue weighted by atomic mass is 14.8. The monoisotopic (exact) mass is 433 g/mol. The summed E-state index contributed by atoms with van der Waals surface area (Å²) in [5, 5.41) is 7.08. The van der Waals surface area contributed by atoms with E-state index in [1.54, 1.807) is 0 Å². The van der Waals surface area contributed by atoms with Gasteiger partial charge in [-0.3, -0.25) is 9.97 Å². The maximum absolute atomic E-state index is 5.10. The van der Waals surface area contributed by atoms with E-state index in [0.717, 1.165) is 49.7 Å². The first kappa shape index (κ1) is 18.9. The molecule has 3 nitrogen and oxygen atoms in total. The molecule has 3 aromatic heterocycles. The van der Waals surface area contributed by atoms with E-state index in [0.29, 0.717) is 0 Å². The number of aromatic nitrogens is 3. The van der Waals surface area contributed by atoms with Crippen LogP contribution in [-0.2, 0) is 0 Å². The van der Waals surface area contributed by atoms with Gasteiger partial charge in [0.15, 0.2) is 0 Å². The summed E-state index contributed by atoms with van der Waals surface area (Å²) in [6.07, 6.45) is 3.75. The molecule has 4 aromatic carbocycles. The molecular weight excluding hydrogens is 414 g/mol. The second-order valence-corrected chi connectivity index (χ2v) is 8.49. The van der Waals surface area contributed by atoms with Crippen LogP contribution in [0.1, 0.15) is 0 Å². The summed E-state index contributed by atoms with van der Waals surface area (Å²) in [4.78, 5) is 14.4. The van der Waals surface area contributed by atoms with Crippen LogP contribution < -0.4 is 0 Å². The van der Waals surface area contributed by atoms with Crippen LogP contribution in [0.3, 0.4) is 0 Å². The van der Waals surface area contributed by atoms with Gasteiger partial charge in [0, 0.05) is 33.9 Å². The van der Waals surface area contributed by atoms with Crippen molar-refractivity contribution in [1.29, 1.82) is 0 Å². The third kappa shape index (κ3) is 2.87. The Morgan fingerprint density at radius 2 is 1.24 bits per heavy atom. The topological polar surface area (TPSA) is 38.7 Å². The van der Waals surface area contributed by atoms with Crippen LogP contribution >= 0.6 is 0 Å². The van der Waals surface area contributed by atoms with Gasteiger partial charge in [0.2, 0.25) is 0 Å². The van der Waals surface area contributed by atoms with Crippen LogP contribution in [0.2, 0.25) is 0 Å². The minimum atomic E-state index is 0.865. The van der Waals surface area contributed by atoms with Gasteiger partial charge in [-0.1, -0.05) is 72.8 Å². The van der Waals surface area contributed by atoms with Crippen molar-refractivity contribution in [3.8, 4) is 22.5 Å². The lowest BCUT2D eigenvalue weighted by Crippen LogP contribution is -1.93. The highest BCUT2D eigenvalue weighted by Gasteiger charge is 2.15. The minimum absolute atomic E-state index is 0.865. The van der Waals surface area contributed by atoms with Crippen LogP contribution in [0.15, 0.2) is 116 Å². The van der Waals surface area contributed by atoms with E-state index >= 15 is 0 Å². The first-order valence-corrected chi connectivity index (χ1v) is 11.4. The van der Waals surface area contributed by atoms with Gasteiger partial charge in [0.05, 0.1) is 22.4 Å². The molecule has 3 heteroatoms. The Balaban J connectivity index is 1.54. The molecule has 158 valence electrons. The molecule has 0 bridgehead atoms. The van der Waals surface area contributed by atoms with E-state index in [4.69, 9.17) is 9.97 Å². The Morgan fingerprint density at radius 1 is 0.500 bits per heavy atom. The second-order valence-electron chi connectivity index (χ2n) is 8.49. The third-order valence-electron chi connectivity index (χ3n) is 6.55. The number of fused-ring (bicyclic) bond motifs is 6. The zero-order chi connectivity index (χ0) is 22.5. The molecule has 0 spiro atoms. The maximum Gasteiger partial charge on any atom is 0.0972 e. The van der Waals surface area contributed by atoms with Crippen LogP contribution in [0.25, 0.3) is 65.9 Å². The minimum Gasteiger partial charge on any atom is -0.256 e. The van der Waals surface area contributed by atoms with Gasteiger partial charge >= 0.3 is 0 Å². The Labute approximate surface area is 196 Å². The average Bonchev–Trinajstić information content (AvgIpc) is 2.92. The second kappa shape index (κ2) is 7.46. The van der Waals surface area contributed by atoms with Crippen molar-refractivity contribution in [2.75, 3.05) is 0 Å². The van der Waals surface area contributed by atoms with Crippen molar-refractivity contribution in [1.82, 2.24) is 15.0 Å². The quantitative estimate of drug-likeness (QED) is 0.261. The van der Waals surface area contributed by atoms with E-state index < -0.39 is 0 Å². The van der Waals surface area contributed by atoms with Crippen LogP contribution in [-0.4, -0.2) is 15.0 Å². The third-order valence-corrected chi connectivity index (χ3v) is 6.55. The molecule has 0 fully saturated rings. The number of benzene rings is 4. The molecule has 0 amide bonds. The molecule has 0 radical (unpaired) electrons. The summed E-state index contributed by atoms with van der Waals surface area (Å²) >= 11 is 0. The highest BCUT2D eigenvalue weighted by molar-refractivity contribution is 6.22. The van der Waals surface area contributed by atoms with Crippen molar-refractivity contribution in [3.63, 3.8) is 0 Å². The zero-order valence-corrected chi connectivity index (χ0v) is 18.3. The normalized spacial score (nSPS) is 11.5. The summed E-state index contributed by atoms with van der Waals surface area (Å²) in [7, 11) is 0. The zero-order valence-electron chi connectivity index (χ0n) is 18.3. The standard InChI is InChI=1S/C31H19N3/c1-2-8-23-20(7-1)13-14-26-30(23)25-10-4-6-12-28(25)34-31(26)29-19-21(15-17-33-29)22-16-18-32-27-11-5-3-9-24(22)27/h1-19H. The lowest BCUT2D eigenvalue weighted by atomic mass is 9.95. The molecule has 0 aliphatic rings. The molecule has 0 atom stereocenters. The van der Waals surface area contributed by atoms with Crippen molar-refractivity contribution >= 4 is 43.4 Å². The lowest BCUT2D eigenvalue weighted by molar-refractivity contribution is 1.29. The summed E-state index contributed by atoms with van der Waals surface area (Å²) in [6, 6.07) is 35.8. The maximum atomic E-state index is 5.10. The number of nitrogens with zero attached hydrogens (tertiary/aromatic N) is 3. The Bertz CT molecular complexity index is 1850. The van der Waals surface area contributed by atoms with Gasteiger partial charge in [-0.05, 0) is 52.2 Å². The van der Waals surface area contributed by atoms with Gasteiger partial charge < -0.3 is 0 Å². The number of hydrogen-bond donors (Lipinski definition) is 0. The summed E-state index contributed by atoms with van der Waals surface area (Å²) in [5.74, 6) is 0. The predicted molar refractivity (Wildman–Crippen MR) is 141 cm³/mol. The van der Waals surface area contributed by atoms with Gasteiger partial charge in [-0.2, -0.15) is 0 Å². The molecule has 0 saturated carbocycles. The van der Waals surface area contributed by atoms with E-state index in [1.165, 1.54) is 16.2 Å². The average molecular weight is 434 g/mol. The Kier molecular flexibility index (Phi) is 4.15. The SMILES string of the molecule is c1ccc2c(c1)ccc1c(-c3cc(-c4ccnc5ccccc45)ccn3)nc3ccccc3c12. The van der Waals surface area contributed by atoms with Crippen LogP contribution in [0, 0.1) is 0 Å². The van der Waals surface area contributed by atoms with Gasteiger partial charge in [-0.25, -0.2) is 4.98 Å². The molecular formula is C31H19N3. The van der Waals surface area contributed by atoms with E-state index in [9.17, 15) is 0 Å². The predicted octanol–water partition coefficient (Wildman–Crippen LogP) is 7.82. The van der Waals surface area contributed by atoms with E-state index in [2.05, 4.69) is 89.9 Å². The van der Waals surface area contributed by atoms with E-state index in [1.807, 2.05) is 30.6 Å². The van der Waals surface area contributed by atoms with E-state index in [-0.39, 0.29) is 0 Å². The van der Waals surface area contributed by atoms with Crippen molar-refractivity contribution in [3.05, 3.63) is 116 Å². The Hall–Kier alpha value is -4.63. The summed E-state index contributed by atoms with van der Waals surface area (Å²) in [5.41, 5.74) is 5.98. The first-order valence-electron chi connectivity index (χ1n) is 11.4. The molecule has 0 N–H and O–H groups in total. The molecule has 7 rings (SSSR count). The number of pyridine rings is 3. The van der Waals surface area contributed by atoms with Crippen LogP contribution in [0.4, 0.5) is 0 Å². The van der Waals surface area contributed by atoms with Crippen molar-refractivity contribution < 1.29 is 0 Å². The number of rotatable bonds is 2. The van der Waals surface area contributed by atoms with Crippen LogP contribution in [0.5, 0.6) is 0 Å². The summed E-state index contributed by atoms with van der Waals surface area (Å²) < 4.78 is 0.